The number of piperidine rings is 1. The maximum Gasteiger partial charge on any atom is 0.387 e. The zero-order valence-corrected chi connectivity index (χ0v) is 14.5. The first-order valence-electron chi connectivity index (χ1n) is 8.61. The summed E-state index contributed by atoms with van der Waals surface area (Å²) in [5.41, 5.74) is 1.52. The summed E-state index contributed by atoms with van der Waals surface area (Å²) in [4.78, 5) is 14.8. The predicted octanol–water partition coefficient (Wildman–Crippen LogP) is 2.75. The molecule has 1 atom stereocenters. The number of hydrogen-bond acceptors (Lipinski definition) is 4. The fourth-order valence-electron chi connectivity index (χ4n) is 3.37. The number of hydrogen-bond donors (Lipinski definition) is 2. The van der Waals surface area contributed by atoms with E-state index in [0.29, 0.717) is 35.8 Å². The Labute approximate surface area is 150 Å². The third kappa shape index (κ3) is 4.19. The smallest absolute Gasteiger partial charge is 0.387 e. The highest BCUT2D eigenvalue weighted by atomic mass is 19.3. The number of aromatic nitrogens is 2. The third-order valence-corrected chi connectivity index (χ3v) is 4.52. The molecule has 0 aliphatic carbocycles. The Morgan fingerprint density at radius 1 is 1.50 bits per heavy atom. The van der Waals surface area contributed by atoms with Crippen molar-refractivity contribution in [3.63, 3.8) is 0 Å². The number of ether oxygens (including phenoxy) is 1. The van der Waals surface area contributed by atoms with Gasteiger partial charge in [-0.2, -0.15) is 13.9 Å². The topological polar surface area (TPSA) is 70.2 Å². The number of halogens is 2. The van der Waals surface area contributed by atoms with Crippen LogP contribution in [0, 0.1) is 5.92 Å². The molecule has 2 heterocycles. The van der Waals surface area contributed by atoms with Crippen molar-refractivity contribution in [1.29, 1.82) is 0 Å². The van der Waals surface area contributed by atoms with Crippen LogP contribution < -0.4 is 10.1 Å². The van der Waals surface area contributed by atoms with E-state index in [9.17, 15) is 13.6 Å². The minimum absolute atomic E-state index is 0.0394. The standard InChI is InChI=1S/C18H22F2N4O2/c1-21-9-12-4-3-7-24(11-12)17(25)15-10-22-23-16(15)13-5-2-6-14(8-13)26-18(19)20/h2,5-6,8,10,12,18,21H,3-4,7,9,11H2,1H3,(H,22,23). The van der Waals surface area contributed by atoms with E-state index in [-0.39, 0.29) is 11.7 Å². The van der Waals surface area contributed by atoms with Crippen LogP contribution >= 0.6 is 0 Å². The number of H-pyrrole nitrogens is 1. The number of carbonyl (C=O) groups is 1. The summed E-state index contributed by atoms with van der Waals surface area (Å²) < 4.78 is 29.3. The molecule has 26 heavy (non-hydrogen) atoms. The van der Waals surface area contributed by atoms with Gasteiger partial charge in [0.05, 0.1) is 17.5 Å². The van der Waals surface area contributed by atoms with Gasteiger partial charge in [0.15, 0.2) is 0 Å². The summed E-state index contributed by atoms with van der Waals surface area (Å²) in [5, 5.41) is 9.95. The molecular formula is C18H22F2N4O2. The highest BCUT2D eigenvalue weighted by molar-refractivity contribution is 5.99. The van der Waals surface area contributed by atoms with Crippen LogP contribution in [0.4, 0.5) is 8.78 Å². The minimum Gasteiger partial charge on any atom is -0.435 e. The van der Waals surface area contributed by atoms with Crippen LogP contribution in [0.3, 0.4) is 0 Å². The fraction of sp³-hybridized carbons (Fsp3) is 0.444. The molecule has 0 radical (unpaired) electrons. The SMILES string of the molecule is CNCC1CCCN(C(=O)c2cn[nH]c2-c2cccc(OC(F)F)c2)C1. The quantitative estimate of drug-likeness (QED) is 0.827. The van der Waals surface area contributed by atoms with E-state index in [1.54, 1.807) is 12.1 Å². The lowest BCUT2D eigenvalue weighted by molar-refractivity contribution is -0.0498. The van der Waals surface area contributed by atoms with E-state index >= 15 is 0 Å². The second kappa shape index (κ2) is 8.27. The normalized spacial score (nSPS) is 17.5. The molecule has 2 aromatic rings. The summed E-state index contributed by atoms with van der Waals surface area (Å²) in [7, 11) is 1.91. The van der Waals surface area contributed by atoms with Crippen molar-refractivity contribution in [2.24, 2.45) is 5.92 Å². The van der Waals surface area contributed by atoms with Crippen molar-refractivity contribution in [3.05, 3.63) is 36.0 Å². The summed E-state index contributed by atoms with van der Waals surface area (Å²) in [6, 6.07) is 6.24. The van der Waals surface area contributed by atoms with Gasteiger partial charge >= 0.3 is 6.61 Å². The Kier molecular flexibility index (Phi) is 5.82. The molecule has 0 saturated carbocycles. The van der Waals surface area contributed by atoms with Crippen molar-refractivity contribution in [3.8, 4) is 17.0 Å². The second-order valence-electron chi connectivity index (χ2n) is 6.38. The Balaban J connectivity index is 1.81. The molecular weight excluding hydrogens is 342 g/mol. The Morgan fingerprint density at radius 2 is 2.35 bits per heavy atom. The first-order chi connectivity index (χ1) is 12.6. The molecule has 1 aromatic carbocycles. The molecule has 2 N–H and O–H groups in total. The number of nitrogens with zero attached hydrogens (tertiary/aromatic N) is 2. The number of alkyl halides is 2. The number of amides is 1. The molecule has 1 saturated heterocycles. The van der Waals surface area contributed by atoms with Crippen LogP contribution in [-0.4, -0.2) is 54.3 Å². The summed E-state index contributed by atoms with van der Waals surface area (Å²) in [6.07, 6.45) is 3.54. The Morgan fingerprint density at radius 3 is 3.12 bits per heavy atom. The van der Waals surface area contributed by atoms with Gasteiger partial charge in [-0.05, 0) is 44.5 Å². The number of carbonyl (C=O) groups excluding carboxylic acids is 1. The average molecular weight is 364 g/mol. The van der Waals surface area contributed by atoms with Crippen LogP contribution in [-0.2, 0) is 0 Å². The van der Waals surface area contributed by atoms with Gasteiger partial charge < -0.3 is 15.0 Å². The zero-order chi connectivity index (χ0) is 18.5. The number of benzene rings is 1. The van der Waals surface area contributed by atoms with Crippen LogP contribution in [0.15, 0.2) is 30.5 Å². The molecule has 8 heteroatoms. The molecule has 0 spiro atoms. The van der Waals surface area contributed by atoms with Crippen LogP contribution in [0.2, 0.25) is 0 Å². The second-order valence-corrected chi connectivity index (χ2v) is 6.38. The lowest BCUT2D eigenvalue weighted by atomic mass is 9.97. The average Bonchev–Trinajstić information content (AvgIpc) is 3.11. The molecule has 1 amide bonds. The van der Waals surface area contributed by atoms with E-state index in [2.05, 4.69) is 20.3 Å². The van der Waals surface area contributed by atoms with Crippen molar-refractivity contribution >= 4 is 5.91 Å². The number of rotatable bonds is 6. The Bertz CT molecular complexity index is 748. The first-order valence-corrected chi connectivity index (χ1v) is 8.61. The highest BCUT2D eigenvalue weighted by Crippen LogP contribution is 2.28. The lowest BCUT2D eigenvalue weighted by Crippen LogP contribution is -2.42. The molecule has 1 unspecified atom stereocenters. The van der Waals surface area contributed by atoms with E-state index in [1.165, 1.54) is 18.3 Å². The largest absolute Gasteiger partial charge is 0.435 e. The van der Waals surface area contributed by atoms with Gasteiger partial charge in [0.25, 0.3) is 5.91 Å². The monoisotopic (exact) mass is 364 g/mol. The van der Waals surface area contributed by atoms with Gasteiger partial charge in [-0.3, -0.25) is 9.89 Å². The molecule has 1 aliphatic heterocycles. The first kappa shape index (κ1) is 18.3. The number of nitrogens with one attached hydrogen (secondary N) is 2. The van der Waals surface area contributed by atoms with Crippen molar-refractivity contribution in [1.82, 2.24) is 20.4 Å². The highest BCUT2D eigenvalue weighted by Gasteiger charge is 2.26. The van der Waals surface area contributed by atoms with Gasteiger partial charge in [-0.25, -0.2) is 0 Å². The molecule has 3 rings (SSSR count). The lowest BCUT2D eigenvalue weighted by Gasteiger charge is -2.32. The van der Waals surface area contributed by atoms with Crippen LogP contribution in [0.1, 0.15) is 23.2 Å². The molecule has 1 fully saturated rings. The maximum absolute atomic E-state index is 13.0. The summed E-state index contributed by atoms with van der Waals surface area (Å²) >= 11 is 0. The van der Waals surface area contributed by atoms with Gasteiger partial charge in [0, 0.05) is 18.7 Å². The summed E-state index contributed by atoms with van der Waals surface area (Å²) in [6.45, 7) is -0.628. The number of aromatic amines is 1. The van der Waals surface area contributed by atoms with Gasteiger partial charge in [-0.15, -0.1) is 0 Å². The van der Waals surface area contributed by atoms with Gasteiger partial charge in [0.2, 0.25) is 0 Å². The fourth-order valence-corrected chi connectivity index (χ4v) is 3.37. The van der Waals surface area contributed by atoms with E-state index < -0.39 is 6.61 Å². The summed E-state index contributed by atoms with van der Waals surface area (Å²) in [5.74, 6) is 0.364. The van der Waals surface area contributed by atoms with E-state index in [4.69, 9.17) is 0 Å². The van der Waals surface area contributed by atoms with E-state index in [0.717, 1.165) is 19.4 Å². The zero-order valence-electron chi connectivity index (χ0n) is 14.5. The molecule has 1 aliphatic rings. The van der Waals surface area contributed by atoms with Crippen LogP contribution in [0.5, 0.6) is 5.75 Å². The molecule has 6 nitrogen and oxygen atoms in total. The molecule has 140 valence electrons. The predicted molar refractivity (Wildman–Crippen MR) is 93.2 cm³/mol. The van der Waals surface area contributed by atoms with Crippen molar-refractivity contribution in [2.45, 2.75) is 19.5 Å². The van der Waals surface area contributed by atoms with Crippen LogP contribution in [0.25, 0.3) is 11.3 Å². The van der Waals surface area contributed by atoms with Crippen molar-refractivity contribution in [2.75, 3.05) is 26.7 Å². The third-order valence-electron chi connectivity index (χ3n) is 4.52. The molecule has 1 aromatic heterocycles. The van der Waals surface area contributed by atoms with Crippen molar-refractivity contribution < 1.29 is 18.3 Å². The maximum atomic E-state index is 13.0. The molecule has 0 bridgehead atoms. The van der Waals surface area contributed by atoms with Gasteiger partial charge in [0.1, 0.15) is 5.75 Å². The van der Waals surface area contributed by atoms with Gasteiger partial charge in [-0.1, -0.05) is 12.1 Å². The number of likely N-dealkylation sites (tertiary alicyclic amines) is 1. The Hall–Kier alpha value is -2.48. The van der Waals surface area contributed by atoms with E-state index in [1.807, 2.05) is 11.9 Å². The minimum atomic E-state index is -2.90.